The molecule has 24 heavy (non-hydrogen) atoms. The van der Waals surface area contributed by atoms with Crippen LogP contribution in [-0.4, -0.2) is 75.7 Å². The molecule has 0 radical (unpaired) electrons. The van der Waals surface area contributed by atoms with Crippen molar-refractivity contribution in [2.75, 3.05) is 60.0 Å². The SMILES string of the molecule is CCCCN(C)CC1CCN(C(=O)C2(COC)CCNCC2)CC1. The molecule has 1 amide bonds. The topological polar surface area (TPSA) is 44.8 Å². The van der Waals surface area contributed by atoms with Gasteiger partial charge in [-0.05, 0) is 64.7 Å². The predicted molar refractivity (Wildman–Crippen MR) is 98.1 cm³/mol. The minimum Gasteiger partial charge on any atom is -0.384 e. The number of nitrogens with zero attached hydrogens (tertiary/aromatic N) is 2. The molecule has 0 unspecified atom stereocenters. The third-order valence-corrected chi connectivity index (χ3v) is 5.80. The second kappa shape index (κ2) is 9.73. The zero-order valence-electron chi connectivity index (χ0n) is 16.0. The highest BCUT2D eigenvalue weighted by molar-refractivity contribution is 5.83. The zero-order chi connectivity index (χ0) is 17.4. The number of hydrogen-bond acceptors (Lipinski definition) is 4. The molecule has 0 bridgehead atoms. The van der Waals surface area contributed by atoms with E-state index < -0.39 is 0 Å². The number of ether oxygens (including phenoxy) is 1. The Kier molecular flexibility index (Phi) is 7.98. The first-order valence-corrected chi connectivity index (χ1v) is 9.79. The summed E-state index contributed by atoms with van der Waals surface area (Å²) < 4.78 is 5.43. The summed E-state index contributed by atoms with van der Waals surface area (Å²) in [6, 6.07) is 0. The summed E-state index contributed by atoms with van der Waals surface area (Å²) in [5, 5.41) is 3.37. The van der Waals surface area contributed by atoms with E-state index in [0.717, 1.165) is 57.8 Å². The normalized spacial score (nSPS) is 22.1. The van der Waals surface area contributed by atoms with Crippen molar-refractivity contribution in [3.63, 3.8) is 0 Å². The van der Waals surface area contributed by atoms with Gasteiger partial charge in [0, 0.05) is 26.7 Å². The number of piperidine rings is 2. The Morgan fingerprint density at radius 2 is 1.96 bits per heavy atom. The summed E-state index contributed by atoms with van der Waals surface area (Å²) in [5.74, 6) is 1.07. The predicted octanol–water partition coefficient (Wildman–Crippen LogP) is 1.97. The van der Waals surface area contributed by atoms with Crippen LogP contribution in [0.25, 0.3) is 0 Å². The van der Waals surface area contributed by atoms with Crippen LogP contribution in [0, 0.1) is 11.3 Å². The van der Waals surface area contributed by atoms with Crippen molar-refractivity contribution in [1.29, 1.82) is 0 Å². The number of carbonyl (C=O) groups excluding carboxylic acids is 1. The largest absolute Gasteiger partial charge is 0.384 e. The highest BCUT2D eigenvalue weighted by Crippen LogP contribution is 2.33. The monoisotopic (exact) mass is 339 g/mol. The van der Waals surface area contributed by atoms with E-state index in [-0.39, 0.29) is 5.41 Å². The van der Waals surface area contributed by atoms with Crippen LogP contribution >= 0.6 is 0 Å². The summed E-state index contributed by atoms with van der Waals surface area (Å²) in [7, 11) is 3.95. The van der Waals surface area contributed by atoms with Crippen molar-refractivity contribution in [2.24, 2.45) is 11.3 Å². The van der Waals surface area contributed by atoms with Crippen molar-refractivity contribution < 1.29 is 9.53 Å². The zero-order valence-corrected chi connectivity index (χ0v) is 16.0. The Morgan fingerprint density at radius 1 is 1.29 bits per heavy atom. The molecule has 0 saturated carbocycles. The Labute approximate surface area is 148 Å². The lowest BCUT2D eigenvalue weighted by atomic mass is 9.77. The average Bonchev–Trinajstić information content (AvgIpc) is 2.61. The molecule has 1 N–H and O–H groups in total. The Morgan fingerprint density at radius 3 is 2.54 bits per heavy atom. The number of methoxy groups -OCH3 is 1. The van der Waals surface area contributed by atoms with Crippen molar-refractivity contribution in [3.05, 3.63) is 0 Å². The maximum atomic E-state index is 13.1. The maximum absolute atomic E-state index is 13.1. The number of likely N-dealkylation sites (tertiary alicyclic amines) is 1. The van der Waals surface area contributed by atoms with Gasteiger partial charge in [-0.1, -0.05) is 13.3 Å². The first kappa shape index (κ1) is 19.7. The highest BCUT2D eigenvalue weighted by atomic mass is 16.5. The van der Waals surface area contributed by atoms with Crippen LogP contribution in [0.5, 0.6) is 0 Å². The molecule has 2 heterocycles. The fourth-order valence-electron chi connectivity index (χ4n) is 4.22. The smallest absolute Gasteiger partial charge is 0.231 e. The van der Waals surface area contributed by atoms with Crippen molar-refractivity contribution in [3.8, 4) is 0 Å². The van der Waals surface area contributed by atoms with Gasteiger partial charge < -0.3 is 19.9 Å². The maximum Gasteiger partial charge on any atom is 0.231 e. The molecule has 2 rings (SSSR count). The molecule has 0 aromatic rings. The molecule has 140 valence electrons. The summed E-state index contributed by atoms with van der Waals surface area (Å²) in [6.45, 7) is 8.87. The molecule has 2 aliphatic rings. The number of hydrogen-bond donors (Lipinski definition) is 1. The number of carbonyl (C=O) groups is 1. The molecule has 5 nitrogen and oxygen atoms in total. The Bertz CT molecular complexity index is 369. The van der Waals surface area contributed by atoms with Gasteiger partial charge in [-0.2, -0.15) is 0 Å². The van der Waals surface area contributed by atoms with Crippen molar-refractivity contribution >= 4 is 5.91 Å². The standard InChI is InChI=1S/C19H37N3O2/c1-4-5-12-21(2)15-17-6-13-22(14-7-17)18(23)19(16-24-3)8-10-20-11-9-19/h17,20H,4-16H2,1-3H3. The van der Waals surface area contributed by atoms with Gasteiger partial charge in [-0.25, -0.2) is 0 Å². The van der Waals surface area contributed by atoms with Crippen LogP contribution in [0.15, 0.2) is 0 Å². The molecule has 0 spiro atoms. The van der Waals surface area contributed by atoms with Crippen LogP contribution in [-0.2, 0) is 9.53 Å². The summed E-state index contributed by atoms with van der Waals surface area (Å²) in [4.78, 5) is 17.7. The Balaban J connectivity index is 1.83. The molecule has 2 aliphatic heterocycles. The van der Waals surface area contributed by atoms with Crippen molar-refractivity contribution in [1.82, 2.24) is 15.1 Å². The fraction of sp³-hybridized carbons (Fsp3) is 0.947. The summed E-state index contributed by atoms with van der Waals surface area (Å²) >= 11 is 0. The van der Waals surface area contributed by atoms with Crippen LogP contribution < -0.4 is 5.32 Å². The van der Waals surface area contributed by atoms with Crippen LogP contribution in [0.3, 0.4) is 0 Å². The van der Waals surface area contributed by atoms with Gasteiger partial charge >= 0.3 is 0 Å². The second-order valence-electron chi connectivity index (χ2n) is 7.81. The van der Waals surface area contributed by atoms with E-state index in [0.29, 0.717) is 12.5 Å². The van der Waals surface area contributed by atoms with E-state index in [1.807, 2.05) is 0 Å². The molecule has 0 atom stereocenters. The second-order valence-corrected chi connectivity index (χ2v) is 7.81. The fourth-order valence-corrected chi connectivity index (χ4v) is 4.22. The van der Waals surface area contributed by atoms with Gasteiger partial charge in [0.05, 0.1) is 12.0 Å². The lowest BCUT2D eigenvalue weighted by Gasteiger charge is -2.42. The van der Waals surface area contributed by atoms with E-state index in [1.54, 1.807) is 7.11 Å². The van der Waals surface area contributed by atoms with E-state index in [2.05, 4.69) is 29.1 Å². The quantitative estimate of drug-likeness (QED) is 0.734. The molecule has 2 saturated heterocycles. The van der Waals surface area contributed by atoms with E-state index in [9.17, 15) is 4.79 Å². The molecule has 5 heteroatoms. The first-order chi connectivity index (χ1) is 11.6. The molecule has 0 aromatic heterocycles. The minimum atomic E-state index is -0.287. The van der Waals surface area contributed by atoms with Gasteiger partial charge in [-0.15, -0.1) is 0 Å². The number of amides is 1. The number of nitrogens with one attached hydrogen (secondary N) is 1. The Hall–Kier alpha value is -0.650. The minimum absolute atomic E-state index is 0.287. The first-order valence-electron chi connectivity index (χ1n) is 9.79. The highest BCUT2D eigenvalue weighted by Gasteiger charge is 2.42. The summed E-state index contributed by atoms with van der Waals surface area (Å²) in [5.41, 5.74) is -0.287. The van der Waals surface area contributed by atoms with Crippen LogP contribution in [0.1, 0.15) is 45.4 Å². The van der Waals surface area contributed by atoms with E-state index in [4.69, 9.17) is 4.74 Å². The third kappa shape index (κ3) is 5.17. The molecule has 2 fully saturated rings. The lowest BCUT2D eigenvalue weighted by Crippen LogP contribution is -2.53. The van der Waals surface area contributed by atoms with Gasteiger partial charge in [0.1, 0.15) is 0 Å². The van der Waals surface area contributed by atoms with Crippen LogP contribution in [0.2, 0.25) is 0 Å². The molecular formula is C19H37N3O2. The van der Waals surface area contributed by atoms with E-state index in [1.165, 1.54) is 25.9 Å². The van der Waals surface area contributed by atoms with E-state index >= 15 is 0 Å². The van der Waals surface area contributed by atoms with Gasteiger partial charge in [-0.3, -0.25) is 4.79 Å². The lowest BCUT2D eigenvalue weighted by molar-refractivity contribution is -0.149. The van der Waals surface area contributed by atoms with Crippen LogP contribution in [0.4, 0.5) is 0 Å². The molecule has 0 aromatic carbocycles. The van der Waals surface area contributed by atoms with Gasteiger partial charge in [0.25, 0.3) is 0 Å². The molecular weight excluding hydrogens is 302 g/mol. The summed E-state index contributed by atoms with van der Waals surface area (Å²) in [6.07, 6.45) is 6.63. The third-order valence-electron chi connectivity index (χ3n) is 5.80. The number of unbranched alkanes of at least 4 members (excludes halogenated alkanes) is 1. The number of rotatable bonds is 8. The van der Waals surface area contributed by atoms with Gasteiger partial charge in [0.2, 0.25) is 5.91 Å². The van der Waals surface area contributed by atoms with Gasteiger partial charge in [0.15, 0.2) is 0 Å². The molecule has 0 aliphatic carbocycles. The average molecular weight is 340 g/mol. The van der Waals surface area contributed by atoms with Crippen molar-refractivity contribution in [2.45, 2.75) is 45.4 Å².